The predicted octanol–water partition coefficient (Wildman–Crippen LogP) is 5.57. The number of pyridine rings is 3. The van der Waals surface area contributed by atoms with E-state index in [4.69, 9.17) is 9.97 Å². The first-order valence-corrected chi connectivity index (χ1v) is 10.6. The van der Waals surface area contributed by atoms with E-state index in [1.165, 1.54) is 39.1 Å². The minimum absolute atomic E-state index is 0.889. The Kier molecular flexibility index (Phi) is 2.72. The van der Waals surface area contributed by atoms with E-state index in [0.717, 1.165) is 46.1 Å². The molecule has 8 rings (SSSR count). The molecule has 144 valence electrons. The van der Waals surface area contributed by atoms with Gasteiger partial charge in [-0.05, 0) is 58.5 Å². The predicted molar refractivity (Wildman–Crippen MR) is 122 cm³/mol. The molecule has 0 amide bonds. The van der Waals surface area contributed by atoms with Gasteiger partial charge in [0.1, 0.15) is 11.3 Å². The number of rotatable bonds is 0. The lowest BCUT2D eigenvalue weighted by atomic mass is 9.97. The molecule has 4 aromatic heterocycles. The van der Waals surface area contributed by atoms with Gasteiger partial charge in [0.05, 0.1) is 16.9 Å². The van der Waals surface area contributed by atoms with Crippen LogP contribution >= 0.6 is 0 Å². The Labute approximate surface area is 177 Å². The molecule has 6 aromatic rings. The van der Waals surface area contributed by atoms with Crippen molar-refractivity contribution in [2.75, 3.05) is 0 Å². The summed E-state index contributed by atoms with van der Waals surface area (Å²) in [6.45, 7) is 0. The van der Waals surface area contributed by atoms with Crippen LogP contribution in [0.3, 0.4) is 0 Å². The van der Waals surface area contributed by atoms with Crippen LogP contribution in [0.15, 0.2) is 73.1 Å². The molecule has 0 spiro atoms. The van der Waals surface area contributed by atoms with Crippen LogP contribution in [0.4, 0.5) is 0 Å². The number of nitrogens with zero attached hydrogens (tertiary/aromatic N) is 4. The molecule has 4 heteroatoms. The lowest BCUT2D eigenvalue weighted by Gasteiger charge is -2.10. The average Bonchev–Trinajstić information content (AvgIpc) is 3.49. The number of hydrogen-bond donors (Lipinski definition) is 0. The van der Waals surface area contributed by atoms with Crippen molar-refractivity contribution in [3.05, 3.63) is 95.4 Å². The van der Waals surface area contributed by atoms with E-state index < -0.39 is 0 Å². The minimum Gasteiger partial charge on any atom is -0.279 e. The molecule has 0 radical (unpaired) electrons. The molecule has 4 nitrogen and oxygen atoms in total. The summed E-state index contributed by atoms with van der Waals surface area (Å²) in [6, 6.07) is 21.5. The van der Waals surface area contributed by atoms with Crippen LogP contribution in [-0.2, 0) is 12.8 Å². The lowest BCUT2D eigenvalue weighted by molar-refractivity contribution is 1.05. The van der Waals surface area contributed by atoms with Crippen molar-refractivity contribution in [2.24, 2.45) is 0 Å². The molecule has 31 heavy (non-hydrogen) atoms. The minimum atomic E-state index is 0.889. The summed E-state index contributed by atoms with van der Waals surface area (Å²) in [5.74, 6) is 0. The zero-order valence-electron chi connectivity index (χ0n) is 16.6. The molecule has 0 aliphatic heterocycles. The maximum absolute atomic E-state index is 5.17. The Morgan fingerprint density at radius 1 is 0.645 bits per heavy atom. The van der Waals surface area contributed by atoms with Gasteiger partial charge in [0.2, 0.25) is 0 Å². The SMILES string of the molecule is c1ccc2c(c1)Cc1c-2ccc2c1Cc1c-2nc2c3cccnc3c3cccnc3n12. The highest BCUT2D eigenvalue weighted by atomic mass is 15.1. The van der Waals surface area contributed by atoms with Gasteiger partial charge in [-0.15, -0.1) is 0 Å². The van der Waals surface area contributed by atoms with Crippen molar-refractivity contribution >= 4 is 27.6 Å². The molecule has 0 unspecified atom stereocenters. The van der Waals surface area contributed by atoms with Crippen LogP contribution in [0.2, 0.25) is 0 Å². The first-order valence-electron chi connectivity index (χ1n) is 10.6. The van der Waals surface area contributed by atoms with Crippen LogP contribution in [0.25, 0.3) is 50.0 Å². The summed E-state index contributed by atoms with van der Waals surface area (Å²) >= 11 is 0. The second-order valence-electron chi connectivity index (χ2n) is 8.47. The van der Waals surface area contributed by atoms with Gasteiger partial charge in [0.15, 0.2) is 0 Å². The van der Waals surface area contributed by atoms with Gasteiger partial charge >= 0.3 is 0 Å². The third kappa shape index (κ3) is 1.84. The normalized spacial score (nSPS) is 13.5. The molecule has 0 saturated carbocycles. The summed E-state index contributed by atoms with van der Waals surface area (Å²) in [5, 5.41) is 2.15. The molecule has 4 heterocycles. The van der Waals surface area contributed by atoms with Crippen molar-refractivity contribution in [1.29, 1.82) is 0 Å². The molecule has 0 N–H and O–H groups in total. The summed E-state index contributed by atoms with van der Waals surface area (Å²) in [7, 11) is 0. The van der Waals surface area contributed by atoms with Gasteiger partial charge in [-0.25, -0.2) is 9.97 Å². The standard InChI is InChI=1S/C27H16N4/c1-2-6-16-15(5-1)13-21-17(16)9-10-18-22(21)14-23-25(18)30-27-20-8-3-11-28-24(20)19-7-4-12-29-26(19)31(23)27/h1-12H,13-14H2. The molecule has 0 bridgehead atoms. The van der Waals surface area contributed by atoms with Gasteiger partial charge in [-0.2, -0.15) is 0 Å². The first-order chi connectivity index (χ1) is 15.4. The highest BCUT2D eigenvalue weighted by Crippen LogP contribution is 2.47. The maximum atomic E-state index is 5.17. The topological polar surface area (TPSA) is 43.1 Å². The molecule has 0 saturated heterocycles. The van der Waals surface area contributed by atoms with E-state index in [1.807, 2.05) is 24.5 Å². The molecule has 0 atom stereocenters. The van der Waals surface area contributed by atoms with Gasteiger partial charge in [0, 0.05) is 35.2 Å². The molecule has 0 fully saturated rings. The van der Waals surface area contributed by atoms with Gasteiger partial charge in [0.25, 0.3) is 0 Å². The van der Waals surface area contributed by atoms with Gasteiger partial charge in [-0.1, -0.05) is 36.4 Å². The van der Waals surface area contributed by atoms with Crippen LogP contribution in [0, 0.1) is 0 Å². The van der Waals surface area contributed by atoms with Gasteiger partial charge < -0.3 is 0 Å². The Hall–Kier alpha value is -4.05. The van der Waals surface area contributed by atoms with Crippen molar-refractivity contribution in [3.8, 4) is 22.4 Å². The van der Waals surface area contributed by atoms with E-state index in [2.05, 4.69) is 57.9 Å². The van der Waals surface area contributed by atoms with Gasteiger partial charge in [-0.3, -0.25) is 9.38 Å². The van der Waals surface area contributed by atoms with E-state index in [9.17, 15) is 0 Å². The summed E-state index contributed by atoms with van der Waals surface area (Å²) in [5.41, 5.74) is 13.5. The average molecular weight is 396 g/mol. The Morgan fingerprint density at radius 3 is 2.35 bits per heavy atom. The lowest BCUT2D eigenvalue weighted by Crippen LogP contribution is -1.99. The Bertz CT molecular complexity index is 1740. The zero-order chi connectivity index (χ0) is 20.1. The summed E-state index contributed by atoms with van der Waals surface area (Å²) in [4.78, 5) is 14.6. The van der Waals surface area contributed by atoms with Crippen molar-refractivity contribution in [1.82, 2.24) is 19.4 Å². The van der Waals surface area contributed by atoms with E-state index in [1.54, 1.807) is 0 Å². The molecular weight excluding hydrogens is 380 g/mol. The smallest absolute Gasteiger partial charge is 0.148 e. The Morgan fingerprint density at radius 2 is 1.42 bits per heavy atom. The number of imidazole rings is 1. The first kappa shape index (κ1) is 15.7. The van der Waals surface area contributed by atoms with Crippen molar-refractivity contribution in [3.63, 3.8) is 0 Å². The highest BCUT2D eigenvalue weighted by Gasteiger charge is 2.31. The largest absolute Gasteiger partial charge is 0.279 e. The third-order valence-corrected chi connectivity index (χ3v) is 6.98. The highest BCUT2D eigenvalue weighted by molar-refractivity contribution is 6.09. The maximum Gasteiger partial charge on any atom is 0.148 e. The van der Waals surface area contributed by atoms with E-state index in [-0.39, 0.29) is 0 Å². The molecule has 2 aliphatic rings. The zero-order valence-corrected chi connectivity index (χ0v) is 16.6. The number of hydrogen-bond acceptors (Lipinski definition) is 3. The van der Waals surface area contributed by atoms with Crippen LogP contribution in [-0.4, -0.2) is 19.4 Å². The van der Waals surface area contributed by atoms with Crippen LogP contribution in [0.1, 0.15) is 22.4 Å². The monoisotopic (exact) mass is 396 g/mol. The molecule has 2 aromatic carbocycles. The molecular formula is C27H16N4. The number of benzene rings is 2. The van der Waals surface area contributed by atoms with Crippen molar-refractivity contribution in [2.45, 2.75) is 12.8 Å². The second-order valence-corrected chi connectivity index (χ2v) is 8.47. The van der Waals surface area contributed by atoms with Crippen molar-refractivity contribution < 1.29 is 0 Å². The third-order valence-electron chi connectivity index (χ3n) is 6.98. The second kappa shape index (κ2) is 5.35. The summed E-state index contributed by atoms with van der Waals surface area (Å²) in [6.07, 6.45) is 5.60. The fourth-order valence-corrected chi connectivity index (χ4v) is 5.67. The fourth-order valence-electron chi connectivity index (χ4n) is 5.67. The van der Waals surface area contributed by atoms with E-state index >= 15 is 0 Å². The molecule has 2 aliphatic carbocycles. The Balaban J connectivity index is 1.47. The summed E-state index contributed by atoms with van der Waals surface area (Å²) < 4.78 is 2.27. The number of fused-ring (bicyclic) bond motifs is 14. The van der Waals surface area contributed by atoms with Crippen LogP contribution in [0.5, 0.6) is 0 Å². The number of aromatic nitrogens is 4. The quantitative estimate of drug-likeness (QED) is 0.315. The van der Waals surface area contributed by atoms with E-state index in [0.29, 0.717) is 0 Å². The fraction of sp³-hybridized carbons (Fsp3) is 0.0741. The van der Waals surface area contributed by atoms with Crippen LogP contribution < -0.4 is 0 Å².